The van der Waals surface area contributed by atoms with E-state index in [1.54, 1.807) is 0 Å². The Labute approximate surface area is 108 Å². The van der Waals surface area contributed by atoms with Crippen LogP contribution in [0, 0.1) is 17.3 Å². The van der Waals surface area contributed by atoms with E-state index in [9.17, 15) is 4.91 Å². The zero-order chi connectivity index (χ0) is 13.6. The molecule has 0 aliphatic carbocycles. The Balaban J connectivity index is 2.82. The van der Waals surface area contributed by atoms with Crippen LogP contribution in [0.1, 0.15) is 33.0 Å². The number of nitrogens with zero attached hydrogens (tertiary/aromatic N) is 3. The second-order valence-electron chi connectivity index (χ2n) is 5.00. The lowest BCUT2D eigenvalue weighted by molar-refractivity contribution is -0.739. The molecule has 0 radical (unpaired) electrons. The Morgan fingerprint density at radius 1 is 1.56 bits per heavy atom. The van der Waals surface area contributed by atoms with E-state index in [1.807, 2.05) is 21.5 Å². The third kappa shape index (κ3) is 3.67. The molecule has 5 nitrogen and oxygen atoms in total. The van der Waals surface area contributed by atoms with E-state index >= 15 is 0 Å². The van der Waals surface area contributed by atoms with Crippen LogP contribution in [0.4, 0.5) is 0 Å². The second kappa shape index (κ2) is 6.31. The standard InChI is InChI=1S/C13H20N3O2/c1-5-6-9-18-11-15-7-8-16(13(2,3)4)12(15)10-14-17/h1,7-8H,6,9-11H2,2-4H3/q+1. The topological polar surface area (TPSA) is 47.5 Å². The van der Waals surface area contributed by atoms with Gasteiger partial charge in [-0.25, -0.2) is 9.13 Å². The van der Waals surface area contributed by atoms with Crippen molar-refractivity contribution in [2.45, 2.75) is 46.0 Å². The molecule has 98 valence electrons. The molecule has 0 unspecified atom stereocenters. The quantitative estimate of drug-likeness (QED) is 0.334. The average molecular weight is 250 g/mol. The summed E-state index contributed by atoms with van der Waals surface area (Å²) in [5.74, 6) is 3.35. The van der Waals surface area contributed by atoms with E-state index in [0.717, 1.165) is 5.82 Å². The molecule has 18 heavy (non-hydrogen) atoms. The number of hydrogen-bond acceptors (Lipinski definition) is 3. The predicted molar refractivity (Wildman–Crippen MR) is 68.5 cm³/mol. The molecule has 0 amide bonds. The van der Waals surface area contributed by atoms with Gasteiger partial charge in [-0.1, -0.05) is 5.18 Å². The lowest BCUT2D eigenvalue weighted by atomic mass is 10.1. The highest BCUT2D eigenvalue weighted by molar-refractivity contribution is 4.90. The second-order valence-corrected chi connectivity index (χ2v) is 5.00. The van der Waals surface area contributed by atoms with E-state index in [4.69, 9.17) is 11.2 Å². The zero-order valence-corrected chi connectivity index (χ0v) is 11.2. The van der Waals surface area contributed by atoms with Gasteiger partial charge in [0.05, 0.1) is 6.61 Å². The Morgan fingerprint density at radius 3 is 2.83 bits per heavy atom. The zero-order valence-electron chi connectivity index (χ0n) is 11.2. The molecule has 0 aliphatic heterocycles. The Kier molecular flexibility index (Phi) is 5.05. The van der Waals surface area contributed by atoms with Crippen LogP contribution in [-0.4, -0.2) is 11.2 Å². The average Bonchev–Trinajstić information content (AvgIpc) is 2.68. The lowest BCUT2D eigenvalue weighted by Crippen LogP contribution is -2.40. The van der Waals surface area contributed by atoms with Gasteiger partial charge < -0.3 is 4.74 Å². The normalized spacial score (nSPS) is 11.2. The minimum Gasteiger partial charge on any atom is -0.341 e. The molecule has 0 fully saturated rings. The molecule has 0 saturated carbocycles. The van der Waals surface area contributed by atoms with E-state index in [0.29, 0.717) is 19.8 Å². The number of aromatic nitrogens is 2. The molecule has 0 saturated heterocycles. The van der Waals surface area contributed by atoms with Crippen LogP contribution in [0.5, 0.6) is 0 Å². The van der Waals surface area contributed by atoms with E-state index in [1.165, 1.54) is 0 Å². The first-order chi connectivity index (χ1) is 8.50. The van der Waals surface area contributed by atoms with Gasteiger partial charge in [-0.05, 0) is 20.8 Å². The monoisotopic (exact) mass is 250 g/mol. The van der Waals surface area contributed by atoms with Gasteiger partial charge in [0, 0.05) is 6.42 Å². The first kappa shape index (κ1) is 14.4. The van der Waals surface area contributed by atoms with Gasteiger partial charge in [-0.15, -0.1) is 12.3 Å². The first-order valence-electron chi connectivity index (χ1n) is 5.91. The number of rotatable bonds is 6. The van der Waals surface area contributed by atoms with Crippen molar-refractivity contribution >= 4 is 0 Å². The number of nitroso groups, excluding NO2 is 1. The molecular weight excluding hydrogens is 230 g/mol. The molecule has 0 aliphatic rings. The van der Waals surface area contributed by atoms with Crippen molar-refractivity contribution in [3.8, 4) is 12.3 Å². The van der Waals surface area contributed by atoms with Crippen molar-refractivity contribution in [3.63, 3.8) is 0 Å². The third-order valence-electron chi connectivity index (χ3n) is 2.56. The summed E-state index contributed by atoms with van der Waals surface area (Å²) in [6.45, 7) is 7.25. The Morgan fingerprint density at radius 2 is 2.28 bits per heavy atom. The van der Waals surface area contributed by atoms with Crippen LogP contribution >= 0.6 is 0 Å². The minimum absolute atomic E-state index is 0.0932. The van der Waals surface area contributed by atoms with Crippen molar-refractivity contribution in [1.82, 2.24) is 4.57 Å². The molecule has 1 aromatic heterocycles. The molecule has 5 heteroatoms. The largest absolute Gasteiger partial charge is 0.341 e. The van der Waals surface area contributed by atoms with Gasteiger partial charge in [0.15, 0.2) is 13.3 Å². The van der Waals surface area contributed by atoms with Crippen molar-refractivity contribution in [2.24, 2.45) is 5.18 Å². The SMILES string of the molecule is C#CCCOC[n+]1ccn(C(C)(C)C)c1CN=O. The molecule has 0 N–H and O–H groups in total. The highest BCUT2D eigenvalue weighted by Crippen LogP contribution is 2.15. The number of ether oxygens (including phenoxy) is 1. The van der Waals surface area contributed by atoms with Gasteiger partial charge in [-0.2, -0.15) is 4.91 Å². The molecule has 0 atom stereocenters. The molecule has 0 bridgehead atoms. The van der Waals surface area contributed by atoms with Crippen LogP contribution in [-0.2, 0) is 23.6 Å². The summed E-state index contributed by atoms with van der Waals surface area (Å²) in [5.41, 5.74) is -0.0932. The molecule has 0 spiro atoms. The summed E-state index contributed by atoms with van der Waals surface area (Å²) in [4.78, 5) is 10.5. The molecule has 0 aromatic carbocycles. The maximum atomic E-state index is 10.5. The minimum atomic E-state index is -0.0932. The van der Waals surface area contributed by atoms with Crippen molar-refractivity contribution in [2.75, 3.05) is 6.61 Å². The summed E-state index contributed by atoms with van der Waals surface area (Å²) in [5, 5.41) is 2.98. The van der Waals surface area contributed by atoms with Crippen molar-refractivity contribution in [1.29, 1.82) is 0 Å². The molecule has 1 rings (SSSR count). The van der Waals surface area contributed by atoms with Gasteiger partial charge >= 0.3 is 0 Å². The lowest BCUT2D eigenvalue weighted by Gasteiger charge is -2.16. The number of terminal acetylenes is 1. The van der Waals surface area contributed by atoms with E-state index in [-0.39, 0.29) is 12.1 Å². The summed E-state index contributed by atoms with van der Waals surface area (Å²) in [7, 11) is 0. The van der Waals surface area contributed by atoms with Gasteiger partial charge in [0.25, 0.3) is 5.82 Å². The Bertz CT molecular complexity index is 438. The fourth-order valence-corrected chi connectivity index (χ4v) is 1.70. The molecule has 1 heterocycles. The maximum absolute atomic E-state index is 10.5. The van der Waals surface area contributed by atoms with Crippen molar-refractivity contribution < 1.29 is 9.30 Å². The van der Waals surface area contributed by atoms with Gasteiger partial charge in [-0.3, -0.25) is 0 Å². The van der Waals surface area contributed by atoms with Crippen LogP contribution < -0.4 is 4.57 Å². The fourth-order valence-electron chi connectivity index (χ4n) is 1.70. The number of imidazole rings is 1. The first-order valence-corrected chi connectivity index (χ1v) is 5.91. The Hall–Kier alpha value is -1.67. The summed E-state index contributed by atoms with van der Waals surface area (Å²) in [6.07, 6.45) is 9.56. The third-order valence-corrected chi connectivity index (χ3v) is 2.56. The highest BCUT2D eigenvalue weighted by Gasteiger charge is 2.26. The smallest absolute Gasteiger partial charge is 0.284 e. The summed E-state index contributed by atoms with van der Waals surface area (Å²) in [6, 6.07) is 0. The van der Waals surface area contributed by atoms with E-state index < -0.39 is 0 Å². The van der Waals surface area contributed by atoms with Gasteiger partial charge in [0.1, 0.15) is 17.9 Å². The van der Waals surface area contributed by atoms with Crippen LogP contribution in [0.2, 0.25) is 0 Å². The van der Waals surface area contributed by atoms with Crippen molar-refractivity contribution in [3.05, 3.63) is 23.1 Å². The van der Waals surface area contributed by atoms with E-state index in [2.05, 4.69) is 31.9 Å². The highest BCUT2D eigenvalue weighted by atomic mass is 16.5. The maximum Gasteiger partial charge on any atom is 0.284 e. The summed E-state index contributed by atoms with van der Waals surface area (Å²) < 4.78 is 9.34. The number of hydrogen-bond donors (Lipinski definition) is 0. The van der Waals surface area contributed by atoms with Crippen LogP contribution in [0.3, 0.4) is 0 Å². The van der Waals surface area contributed by atoms with Crippen LogP contribution in [0.15, 0.2) is 17.6 Å². The molecule has 1 aromatic rings. The molecular formula is C13H20N3O2+. The fraction of sp³-hybridized carbons (Fsp3) is 0.615. The van der Waals surface area contributed by atoms with Crippen LogP contribution in [0.25, 0.3) is 0 Å². The van der Waals surface area contributed by atoms with Gasteiger partial charge in [0.2, 0.25) is 0 Å². The summed E-state index contributed by atoms with van der Waals surface area (Å²) >= 11 is 0. The predicted octanol–water partition coefficient (Wildman–Crippen LogP) is 1.79.